The fraction of sp³-hybridized carbons (Fsp3) is 0.263. The van der Waals surface area contributed by atoms with Gasteiger partial charge in [-0.1, -0.05) is 12.1 Å². The molecule has 148 valence electrons. The van der Waals surface area contributed by atoms with E-state index in [4.69, 9.17) is 8.83 Å². The summed E-state index contributed by atoms with van der Waals surface area (Å²) >= 11 is 0. The maximum Gasteiger partial charge on any atom is 0.419 e. The van der Waals surface area contributed by atoms with Gasteiger partial charge in [-0.25, -0.2) is 9.59 Å². The molecule has 1 unspecified atom stereocenters. The van der Waals surface area contributed by atoms with Gasteiger partial charge in [-0.3, -0.25) is 9.55 Å². The number of aliphatic hydroxyl groups is 1. The molecule has 0 radical (unpaired) electrons. The minimum atomic E-state index is -0.662. The molecule has 0 bridgehead atoms. The number of rotatable bonds is 6. The Kier molecular flexibility index (Phi) is 5.73. The molecule has 0 saturated heterocycles. The predicted molar refractivity (Wildman–Crippen MR) is 98.6 cm³/mol. The topological polar surface area (TPSA) is 118 Å². The number of fused-ring (bicyclic) bond motifs is 2. The van der Waals surface area contributed by atoms with Crippen molar-refractivity contribution in [1.29, 1.82) is 0 Å². The molecule has 0 fully saturated rings. The first-order valence-electron chi connectivity index (χ1n) is 8.72. The van der Waals surface area contributed by atoms with Gasteiger partial charge in [0.2, 0.25) is 0 Å². The van der Waals surface area contributed by atoms with Gasteiger partial charge in [0.05, 0.1) is 17.6 Å². The van der Waals surface area contributed by atoms with Gasteiger partial charge in [-0.15, -0.1) is 0 Å². The van der Waals surface area contributed by atoms with Crippen LogP contribution in [0.3, 0.4) is 0 Å². The van der Waals surface area contributed by atoms with Gasteiger partial charge in [0.25, 0.3) is 0 Å². The van der Waals surface area contributed by atoms with Crippen LogP contribution in [0.2, 0.25) is 0 Å². The van der Waals surface area contributed by atoms with Crippen LogP contribution in [-0.4, -0.2) is 27.7 Å². The largest absolute Gasteiger partial charge is 1.00 e. The normalized spacial score (nSPS) is 12.4. The first-order chi connectivity index (χ1) is 13.0. The number of nitrogens with zero attached hydrogens (tertiary/aromatic N) is 1. The molecule has 0 saturated carbocycles. The zero-order valence-electron chi connectivity index (χ0n) is 15.1. The van der Waals surface area contributed by atoms with E-state index in [9.17, 15) is 14.7 Å². The third kappa shape index (κ3) is 3.89. The molecule has 0 aliphatic carbocycles. The minimum absolute atomic E-state index is 0. The van der Waals surface area contributed by atoms with Gasteiger partial charge in [0.1, 0.15) is 12.6 Å². The lowest BCUT2D eigenvalue weighted by Crippen LogP contribution is -3.00. The van der Waals surface area contributed by atoms with Crippen molar-refractivity contribution in [1.82, 2.24) is 9.55 Å². The number of hydrogen-bond acceptors (Lipinski definition) is 5. The molecule has 0 amide bonds. The molecule has 0 spiro atoms. The SMILES string of the molecule is Cn1c(=O)oc2cc(C(O)C[NH2+]CCc3ccc4[nH]c(=O)oc4c3)ccc21.[Cl-]. The van der Waals surface area contributed by atoms with Crippen LogP contribution in [0.5, 0.6) is 0 Å². The second-order valence-electron chi connectivity index (χ2n) is 6.58. The van der Waals surface area contributed by atoms with Gasteiger partial charge in [-0.2, -0.15) is 0 Å². The summed E-state index contributed by atoms with van der Waals surface area (Å²) in [6.07, 6.45) is 0.120. The minimum Gasteiger partial charge on any atom is -1.00 e. The summed E-state index contributed by atoms with van der Waals surface area (Å²) in [6.45, 7) is 1.27. The summed E-state index contributed by atoms with van der Waals surface area (Å²) < 4.78 is 11.7. The summed E-state index contributed by atoms with van der Waals surface area (Å²) in [6, 6.07) is 10.9. The van der Waals surface area contributed by atoms with E-state index in [2.05, 4.69) is 4.98 Å². The Hall–Kier alpha value is -2.81. The Labute approximate surface area is 165 Å². The van der Waals surface area contributed by atoms with E-state index in [1.165, 1.54) is 4.57 Å². The average molecular weight is 406 g/mol. The van der Waals surface area contributed by atoms with E-state index in [-0.39, 0.29) is 12.4 Å². The fourth-order valence-electron chi connectivity index (χ4n) is 3.18. The standard InChI is InChI=1S/C19H19N3O5.ClH/c1-22-14-5-3-12(9-17(14)27-19(22)25)15(23)10-20-7-6-11-2-4-13-16(8-11)26-18(24)21-13;/h2-5,8-9,15,20,23H,6-7,10H2,1H3,(H,21,24);1H. The van der Waals surface area contributed by atoms with E-state index in [0.717, 1.165) is 18.5 Å². The van der Waals surface area contributed by atoms with Crippen molar-refractivity contribution in [3.05, 3.63) is 68.6 Å². The monoisotopic (exact) mass is 405 g/mol. The second kappa shape index (κ2) is 8.05. The number of benzene rings is 2. The van der Waals surface area contributed by atoms with Crippen LogP contribution >= 0.6 is 0 Å². The number of aryl methyl sites for hydroxylation is 1. The molecule has 8 nitrogen and oxygen atoms in total. The van der Waals surface area contributed by atoms with E-state index in [1.807, 2.05) is 23.5 Å². The first-order valence-corrected chi connectivity index (χ1v) is 8.72. The van der Waals surface area contributed by atoms with Crippen LogP contribution in [-0.2, 0) is 13.5 Å². The number of aliphatic hydroxyl groups excluding tert-OH is 1. The molecule has 2 aromatic carbocycles. The number of aromatic amines is 1. The van der Waals surface area contributed by atoms with Crippen LogP contribution in [0.4, 0.5) is 0 Å². The van der Waals surface area contributed by atoms with Crippen molar-refractivity contribution in [3.8, 4) is 0 Å². The number of quaternary nitrogens is 1. The lowest BCUT2D eigenvalue weighted by atomic mass is 10.1. The lowest BCUT2D eigenvalue weighted by molar-refractivity contribution is -0.661. The molecule has 0 aliphatic rings. The predicted octanol–water partition coefficient (Wildman–Crippen LogP) is -2.59. The van der Waals surface area contributed by atoms with Crippen molar-refractivity contribution in [2.24, 2.45) is 7.05 Å². The molecule has 2 heterocycles. The van der Waals surface area contributed by atoms with Crippen LogP contribution in [0.25, 0.3) is 22.2 Å². The highest BCUT2D eigenvalue weighted by atomic mass is 35.5. The number of oxazole rings is 2. The molecule has 4 N–H and O–H groups in total. The van der Waals surface area contributed by atoms with Gasteiger partial charge < -0.3 is 31.7 Å². The summed E-state index contributed by atoms with van der Waals surface area (Å²) in [5.41, 5.74) is 4.18. The molecule has 0 aliphatic heterocycles. The van der Waals surface area contributed by atoms with Gasteiger partial charge in [0.15, 0.2) is 11.2 Å². The Morgan fingerprint density at radius 3 is 2.79 bits per heavy atom. The Morgan fingerprint density at radius 1 is 1.14 bits per heavy atom. The van der Waals surface area contributed by atoms with E-state index in [1.54, 1.807) is 25.2 Å². The van der Waals surface area contributed by atoms with Crippen molar-refractivity contribution < 1.29 is 31.7 Å². The smallest absolute Gasteiger partial charge is 0.419 e. The summed E-state index contributed by atoms with van der Waals surface area (Å²) in [5.74, 6) is -0.874. The molecule has 9 heteroatoms. The van der Waals surface area contributed by atoms with E-state index >= 15 is 0 Å². The van der Waals surface area contributed by atoms with E-state index in [0.29, 0.717) is 34.3 Å². The number of halogens is 1. The van der Waals surface area contributed by atoms with Crippen molar-refractivity contribution in [2.45, 2.75) is 12.5 Å². The number of aromatic nitrogens is 2. The van der Waals surface area contributed by atoms with Gasteiger partial charge in [0, 0.05) is 13.5 Å². The van der Waals surface area contributed by atoms with E-state index < -0.39 is 17.6 Å². The number of hydrogen-bond donors (Lipinski definition) is 3. The summed E-state index contributed by atoms with van der Waals surface area (Å²) in [7, 11) is 1.65. The molecule has 4 aromatic rings. The van der Waals surface area contributed by atoms with Crippen LogP contribution in [0, 0.1) is 0 Å². The number of nitrogens with one attached hydrogen (secondary N) is 1. The van der Waals surface area contributed by atoms with Gasteiger partial charge >= 0.3 is 11.5 Å². The highest BCUT2D eigenvalue weighted by molar-refractivity contribution is 5.74. The molecule has 28 heavy (non-hydrogen) atoms. The maximum atomic E-state index is 11.5. The van der Waals surface area contributed by atoms with Crippen LogP contribution in [0.1, 0.15) is 17.2 Å². The third-order valence-electron chi connectivity index (χ3n) is 4.71. The first kappa shape index (κ1) is 19.9. The van der Waals surface area contributed by atoms with Crippen LogP contribution < -0.4 is 29.2 Å². The fourth-order valence-corrected chi connectivity index (χ4v) is 3.18. The molecular formula is C19H20ClN3O5. The van der Waals surface area contributed by atoms with Gasteiger partial charge in [-0.05, 0) is 35.4 Å². The number of nitrogens with two attached hydrogens (primary N) is 1. The molecular weight excluding hydrogens is 386 g/mol. The van der Waals surface area contributed by atoms with Crippen molar-refractivity contribution in [2.75, 3.05) is 13.1 Å². The lowest BCUT2D eigenvalue weighted by Gasteiger charge is -2.10. The molecule has 1 atom stereocenters. The maximum absolute atomic E-state index is 11.5. The van der Waals surface area contributed by atoms with Crippen molar-refractivity contribution >= 4 is 22.2 Å². The Bertz CT molecular complexity index is 1220. The van der Waals surface area contributed by atoms with Crippen molar-refractivity contribution in [3.63, 3.8) is 0 Å². The molecule has 2 aromatic heterocycles. The molecule has 4 rings (SSSR count). The summed E-state index contributed by atoms with van der Waals surface area (Å²) in [5, 5.41) is 12.4. The Balaban J connectivity index is 0.00000225. The highest BCUT2D eigenvalue weighted by Gasteiger charge is 2.13. The van der Waals surface area contributed by atoms with Crippen LogP contribution in [0.15, 0.2) is 54.8 Å². The average Bonchev–Trinajstić information content (AvgIpc) is 3.16. The Morgan fingerprint density at radius 2 is 1.96 bits per heavy atom. The number of H-pyrrole nitrogens is 1. The summed E-state index contributed by atoms with van der Waals surface area (Å²) in [4.78, 5) is 25.4. The highest BCUT2D eigenvalue weighted by Crippen LogP contribution is 2.18. The third-order valence-corrected chi connectivity index (χ3v) is 4.71. The second-order valence-corrected chi connectivity index (χ2v) is 6.58. The zero-order valence-corrected chi connectivity index (χ0v) is 15.9. The zero-order chi connectivity index (χ0) is 19.0. The quantitative estimate of drug-likeness (QED) is 0.304.